The molecule has 4 aromatic rings. The van der Waals surface area contributed by atoms with E-state index in [1.165, 1.54) is 17.0 Å². The maximum atomic E-state index is 13.9. The first kappa shape index (κ1) is 25.8. The fourth-order valence-corrected chi connectivity index (χ4v) is 4.42. The lowest BCUT2D eigenvalue weighted by molar-refractivity contribution is -0.139. The Bertz CT molecular complexity index is 1440. The summed E-state index contributed by atoms with van der Waals surface area (Å²) in [6.07, 6.45) is 0.0822. The van der Waals surface area contributed by atoms with Crippen molar-refractivity contribution in [1.29, 1.82) is 0 Å². The van der Waals surface area contributed by atoms with E-state index in [-0.39, 0.29) is 31.5 Å². The summed E-state index contributed by atoms with van der Waals surface area (Å²) in [6, 6.07) is 26.3. The van der Waals surface area contributed by atoms with Crippen molar-refractivity contribution in [3.8, 4) is 17.2 Å². The minimum atomic E-state index is -1.03. The van der Waals surface area contributed by atoms with Crippen LogP contribution in [0.1, 0.15) is 22.7 Å². The lowest BCUT2D eigenvalue weighted by Gasteiger charge is -2.32. The van der Waals surface area contributed by atoms with Crippen LogP contribution in [-0.2, 0) is 22.6 Å². The van der Waals surface area contributed by atoms with Crippen molar-refractivity contribution in [3.63, 3.8) is 0 Å². The van der Waals surface area contributed by atoms with E-state index >= 15 is 0 Å². The number of nitrogens with one attached hydrogen (secondary N) is 1. The highest BCUT2D eigenvalue weighted by molar-refractivity contribution is 5.98. The lowest BCUT2D eigenvalue weighted by Crippen LogP contribution is -2.41. The molecule has 8 heteroatoms. The number of benzene rings is 4. The third kappa shape index (κ3) is 6.18. The second-order valence-corrected chi connectivity index (χ2v) is 9.04. The molecular weight excluding hydrogens is 499 g/mol. The van der Waals surface area contributed by atoms with Gasteiger partial charge in [0.25, 0.3) is 5.91 Å². The molecule has 0 saturated carbocycles. The zero-order chi connectivity index (χ0) is 27.2. The molecule has 1 unspecified atom stereocenters. The van der Waals surface area contributed by atoms with E-state index in [9.17, 15) is 14.0 Å². The van der Waals surface area contributed by atoms with Crippen LogP contribution in [0.15, 0.2) is 97.1 Å². The number of nitrogens with zero attached hydrogens (tertiary/aromatic N) is 1. The van der Waals surface area contributed by atoms with Gasteiger partial charge in [0.2, 0.25) is 12.7 Å². The second kappa shape index (κ2) is 11.7. The van der Waals surface area contributed by atoms with Gasteiger partial charge in [0.05, 0.1) is 13.5 Å². The fraction of sp³-hybridized carbons (Fsp3) is 0.161. The van der Waals surface area contributed by atoms with Gasteiger partial charge in [-0.3, -0.25) is 9.59 Å². The number of anilines is 1. The first-order chi connectivity index (χ1) is 19.0. The molecule has 7 nitrogen and oxygen atoms in total. The number of carbonyl (C=O) groups is 2. The zero-order valence-corrected chi connectivity index (χ0v) is 21.3. The van der Waals surface area contributed by atoms with Crippen LogP contribution in [0.4, 0.5) is 10.1 Å². The molecule has 0 saturated heterocycles. The number of hydrogen-bond donors (Lipinski definition) is 1. The van der Waals surface area contributed by atoms with Crippen molar-refractivity contribution in [2.45, 2.75) is 19.0 Å². The van der Waals surface area contributed by atoms with E-state index in [1.807, 2.05) is 30.3 Å². The average molecular weight is 527 g/mol. The number of rotatable bonds is 9. The van der Waals surface area contributed by atoms with Crippen LogP contribution in [0.2, 0.25) is 0 Å². The Kier molecular flexibility index (Phi) is 7.73. The van der Waals surface area contributed by atoms with E-state index < -0.39 is 11.9 Å². The number of ether oxygens (including phenoxy) is 3. The second-order valence-electron chi connectivity index (χ2n) is 9.04. The van der Waals surface area contributed by atoms with Crippen molar-refractivity contribution < 1.29 is 28.2 Å². The molecule has 1 N–H and O–H groups in total. The van der Waals surface area contributed by atoms with E-state index in [0.29, 0.717) is 34.1 Å². The molecule has 198 valence electrons. The molecule has 5 rings (SSSR count). The highest BCUT2D eigenvalue weighted by Crippen LogP contribution is 2.36. The molecule has 0 bridgehead atoms. The van der Waals surface area contributed by atoms with Gasteiger partial charge in [0.1, 0.15) is 17.6 Å². The summed E-state index contributed by atoms with van der Waals surface area (Å²) in [7, 11) is 1.56. The van der Waals surface area contributed by atoms with Crippen molar-refractivity contribution in [1.82, 2.24) is 4.90 Å². The fourth-order valence-electron chi connectivity index (χ4n) is 4.42. The van der Waals surface area contributed by atoms with Gasteiger partial charge in [-0.2, -0.15) is 0 Å². The Morgan fingerprint density at radius 1 is 0.897 bits per heavy atom. The van der Waals surface area contributed by atoms with Crippen LogP contribution in [0.5, 0.6) is 17.2 Å². The standard InChI is InChI=1S/C31H27FN2O5/c1-37-26-14-12-25(13-15-26)33-31(36)30(23-9-16-27-28(18-23)39-20-38-27)34(19-22-7-10-24(32)11-8-22)29(35)17-21-5-3-2-4-6-21/h2-16,18,30H,17,19-20H2,1H3,(H,33,36). The summed E-state index contributed by atoms with van der Waals surface area (Å²) in [6.45, 7) is 0.162. The molecule has 0 radical (unpaired) electrons. The normalized spacial score (nSPS) is 12.5. The molecule has 1 atom stereocenters. The van der Waals surface area contributed by atoms with Crippen LogP contribution in [-0.4, -0.2) is 30.6 Å². The number of amides is 2. The van der Waals surface area contributed by atoms with Crippen LogP contribution in [0.3, 0.4) is 0 Å². The Hall–Kier alpha value is -4.85. The van der Waals surface area contributed by atoms with Gasteiger partial charge in [-0.1, -0.05) is 48.5 Å². The lowest BCUT2D eigenvalue weighted by atomic mass is 10.0. The van der Waals surface area contributed by atoms with Crippen LogP contribution in [0, 0.1) is 5.82 Å². The summed E-state index contributed by atoms with van der Waals surface area (Å²) in [5.41, 5.74) is 2.59. The number of halogens is 1. The van der Waals surface area contributed by atoms with Gasteiger partial charge in [-0.05, 0) is 65.2 Å². The van der Waals surface area contributed by atoms with Crippen LogP contribution >= 0.6 is 0 Å². The molecule has 0 fully saturated rings. The van der Waals surface area contributed by atoms with Crippen LogP contribution in [0.25, 0.3) is 0 Å². The highest BCUT2D eigenvalue weighted by atomic mass is 19.1. The number of methoxy groups -OCH3 is 1. The molecule has 0 aliphatic carbocycles. The average Bonchev–Trinajstić information content (AvgIpc) is 3.43. The zero-order valence-electron chi connectivity index (χ0n) is 21.3. The summed E-state index contributed by atoms with van der Waals surface area (Å²) in [5.74, 6) is 0.642. The van der Waals surface area contributed by atoms with E-state index in [1.54, 1.807) is 61.7 Å². The van der Waals surface area contributed by atoms with Gasteiger partial charge >= 0.3 is 0 Å². The van der Waals surface area contributed by atoms with Crippen molar-refractivity contribution in [2.24, 2.45) is 0 Å². The summed E-state index contributed by atoms with van der Waals surface area (Å²) in [4.78, 5) is 29.3. The molecule has 39 heavy (non-hydrogen) atoms. The summed E-state index contributed by atoms with van der Waals surface area (Å²) < 4.78 is 29.9. The number of fused-ring (bicyclic) bond motifs is 1. The predicted molar refractivity (Wildman–Crippen MR) is 144 cm³/mol. The minimum Gasteiger partial charge on any atom is -0.497 e. The van der Waals surface area contributed by atoms with Gasteiger partial charge in [-0.15, -0.1) is 0 Å². The summed E-state index contributed by atoms with van der Waals surface area (Å²) >= 11 is 0. The Labute approximate surface area is 225 Å². The van der Waals surface area contributed by atoms with Crippen molar-refractivity contribution in [3.05, 3.63) is 120 Å². The molecule has 1 aliphatic rings. The first-order valence-electron chi connectivity index (χ1n) is 12.4. The maximum absolute atomic E-state index is 13.9. The van der Waals surface area contributed by atoms with Gasteiger partial charge in [0, 0.05) is 12.2 Å². The van der Waals surface area contributed by atoms with Gasteiger partial charge < -0.3 is 24.4 Å². The third-order valence-electron chi connectivity index (χ3n) is 6.41. The largest absolute Gasteiger partial charge is 0.497 e. The number of carbonyl (C=O) groups excluding carboxylic acids is 2. The Morgan fingerprint density at radius 2 is 1.62 bits per heavy atom. The van der Waals surface area contributed by atoms with Crippen molar-refractivity contribution >= 4 is 17.5 Å². The van der Waals surface area contributed by atoms with E-state index in [2.05, 4.69) is 5.32 Å². The molecule has 1 heterocycles. The highest BCUT2D eigenvalue weighted by Gasteiger charge is 2.33. The Balaban J connectivity index is 1.54. The minimum absolute atomic E-state index is 0.0771. The summed E-state index contributed by atoms with van der Waals surface area (Å²) in [5, 5.41) is 2.93. The molecular formula is C31H27FN2O5. The van der Waals surface area contributed by atoms with Gasteiger partial charge in [-0.25, -0.2) is 4.39 Å². The monoisotopic (exact) mass is 526 g/mol. The number of hydrogen-bond acceptors (Lipinski definition) is 5. The third-order valence-corrected chi connectivity index (χ3v) is 6.41. The predicted octanol–water partition coefficient (Wildman–Crippen LogP) is 5.51. The molecule has 4 aromatic carbocycles. The molecule has 0 spiro atoms. The van der Waals surface area contributed by atoms with Crippen molar-refractivity contribution in [2.75, 3.05) is 19.2 Å². The van der Waals surface area contributed by atoms with E-state index in [4.69, 9.17) is 14.2 Å². The molecule has 1 aliphatic heterocycles. The first-order valence-corrected chi connectivity index (χ1v) is 12.4. The maximum Gasteiger partial charge on any atom is 0.251 e. The van der Waals surface area contributed by atoms with E-state index in [0.717, 1.165) is 5.56 Å². The Morgan fingerprint density at radius 3 is 2.33 bits per heavy atom. The van der Waals surface area contributed by atoms with Crippen LogP contribution < -0.4 is 19.5 Å². The topological polar surface area (TPSA) is 77.1 Å². The van der Waals surface area contributed by atoms with Gasteiger partial charge in [0.15, 0.2) is 11.5 Å². The smallest absolute Gasteiger partial charge is 0.251 e. The molecule has 2 amide bonds. The SMILES string of the molecule is COc1ccc(NC(=O)C(c2ccc3c(c2)OCO3)N(Cc2ccc(F)cc2)C(=O)Cc2ccccc2)cc1. The quantitative estimate of drug-likeness (QED) is 0.311. The molecule has 0 aromatic heterocycles.